The Kier molecular flexibility index (Phi) is 3.91. The van der Waals surface area contributed by atoms with Crippen LogP contribution in [0.5, 0.6) is 0 Å². The monoisotopic (exact) mass is 274 g/mol. The van der Waals surface area contributed by atoms with Crippen LogP contribution < -0.4 is 10.2 Å². The molecular weight excluding hydrogens is 256 g/mol. The van der Waals surface area contributed by atoms with E-state index in [1.165, 1.54) is 6.07 Å². The van der Waals surface area contributed by atoms with Gasteiger partial charge in [0, 0.05) is 18.6 Å². The molecule has 1 aliphatic rings. The highest BCUT2D eigenvalue weighted by Gasteiger charge is 2.31. The summed E-state index contributed by atoms with van der Waals surface area (Å²) in [6.07, 6.45) is 1.83. The van der Waals surface area contributed by atoms with Gasteiger partial charge in [-0.2, -0.15) is 5.26 Å². The Labute approximate surface area is 118 Å². The van der Waals surface area contributed by atoms with Gasteiger partial charge in [-0.25, -0.2) is 0 Å². The van der Waals surface area contributed by atoms with E-state index < -0.39 is 4.92 Å². The fourth-order valence-electron chi connectivity index (χ4n) is 2.56. The van der Waals surface area contributed by atoms with Gasteiger partial charge in [-0.05, 0) is 38.9 Å². The molecule has 1 aromatic carbocycles. The predicted molar refractivity (Wildman–Crippen MR) is 76.7 cm³/mol. The highest BCUT2D eigenvalue weighted by molar-refractivity contribution is 5.70. The van der Waals surface area contributed by atoms with Gasteiger partial charge in [-0.3, -0.25) is 10.1 Å². The van der Waals surface area contributed by atoms with Gasteiger partial charge in [-0.15, -0.1) is 0 Å². The largest absolute Gasteiger partial charge is 0.366 e. The van der Waals surface area contributed by atoms with Crippen LogP contribution in [0.3, 0.4) is 0 Å². The van der Waals surface area contributed by atoms with Crippen molar-refractivity contribution in [3.63, 3.8) is 0 Å². The van der Waals surface area contributed by atoms with Crippen LogP contribution >= 0.6 is 0 Å². The van der Waals surface area contributed by atoms with E-state index >= 15 is 0 Å². The Hall–Kier alpha value is -2.13. The van der Waals surface area contributed by atoms with E-state index in [1.54, 1.807) is 12.1 Å². The summed E-state index contributed by atoms with van der Waals surface area (Å²) in [5.74, 6) is 0. The summed E-state index contributed by atoms with van der Waals surface area (Å²) in [6.45, 7) is 3.64. The Bertz CT molecular complexity index is 557. The summed E-state index contributed by atoms with van der Waals surface area (Å²) in [6, 6.07) is 6.82. The van der Waals surface area contributed by atoms with Crippen molar-refractivity contribution in [3.8, 4) is 6.07 Å². The Balaban J connectivity index is 2.31. The number of nitro groups is 1. The lowest BCUT2D eigenvalue weighted by Gasteiger charge is -2.40. The molecule has 1 N–H and O–H groups in total. The topological polar surface area (TPSA) is 82.2 Å². The standard InChI is InChI=1S/C14H18N4O2/c1-14(16-2)6-8-17(9-7-14)12-5-3-4-11(10-15)13(12)18(19)20/h3-5,16H,6-9H2,1-2H3. The van der Waals surface area contributed by atoms with E-state index in [2.05, 4.69) is 12.2 Å². The van der Waals surface area contributed by atoms with Crippen molar-refractivity contribution >= 4 is 11.4 Å². The molecule has 0 spiro atoms. The summed E-state index contributed by atoms with van der Waals surface area (Å²) >= 11 is 0. The van der Waals surface area contributed by atoms with E-state index in [-0.39, 0.29) is 16.8 Å². The SMILES string of the molecule is CNC1(C)CCN(c2cccc(C#N)c2[N+](=O)[O-])CC1. The first kappa shape index (κ1) is 14.3. The zero-order valence-corrected chi connectivity index (χ0v) is 11.7. The van der Waals surface area contributed by atoms with Crippen molar-refractivity contribution in [2.75, 3.05) is 25.0 Å². The first-order valence-corrected chi connectivity index (χ1v) is 6.62. The number of nitro benzene ring substituents is 1. The molecule has 0 bridgehead atoms. The van der Waals surface area contributed by atoms with E-state index in [0.29, 0.717) is 5.69 Å². The quantitative estimate of drug-likeness (QED) is 0.673. The van der Waals surface area contributed by atoms with Gasteiger partial charge < -0.3 is 10.2 Å². The van der Waals surface area contributed by atoms with Crippen LogP contribution in [0.4, 0.5) is 11.4 Å². The first-order valence-electron chi connectivity index (χ1n) is 6.62. The van der Waals surface area contributed by atoms with Gasteiger partial charge in [0.25, 0.3) is 0 Å². The van der Waals surface area contributed by atoms with Crippen molar-refractivity contribution < 1.29 is 4.92 Å². The molecule has 0 aliphatic carbocycles. The molecule has 2 rings (SSSR count). The summed E-state index contributed by atoms with van der Waals surface area (Å²) in [5.41, 5.74) is 0.669. The molecule has 1 aromatic rings. The minimum absolute atomic E-state index is 0.0805. The average Bonchev–Trinajstić information content (AvgIpc) is 2.47. The summed E-state index contributed by atoms with van der Waals surface area (Å²) < 4.78 is 0. The van der Waals surface area contributed by atoms with Crippen LogP contribution in [0.15, 0.2) is 18.2 Å². The third kappa shape index (κ3) is 2.58. The number of para-hydroxylation sites is 1. The second kappa shape index (κ2) is 5.47. The van der Waals surface area contributed by atoms with Crippen LogP contribution in [-0.4, -0.2) is 30.6 Å². The fraction of sp³-hybridized carbons (Fsp3) is 0.500. The third-order valence-corrected chi connectivity index (χ3v) is 4.13. The third-order valence-electron chi connectivity index (χ3n) is 4.13. The molecule has 0 saturated carbocycles. The highest BCUT2D eigenvalue weighted by atomic mass is 16.6. The number of benzene rings is 1. The van der Waals surface area contributed by atoms with Gasteiger partial charge in [0.15, 0.2) is 0 Å². The fourth-order valence-corrected chi connectivity index (χ4v) is 2.56. The van der Waals surface area contributed by atoms with E-state index in [1.807, 2.05) is 18.0 Å². The Morgan fingerprint density at radius 3 is 2.60 bits per heavy atom. The number of piperidine rings is 1. The number of nitriles is 1. The number of hydrogen-bond acceptors (Lipinski definition) is 5. The van der Waals surface area contributed by atoms with Gasteiger partial charge >= 0.3 is 5.69 Å². The summed E-state index contributed by atoms with van der Waals surface area (Å²) in [7, 11) is 1.94. The van der Waals surface area contributed by atoms with Crippen LogP contribution in [0, 0.1) is 21.4 Å². The highest BCUT2D eigenvalue weighted by Crippen LogP contribution is 2.34. The molecular formula is C14H18N4O2. The second-order valence-corrected chi connectivity index (χ2v) is 5.34. The average molecular weight is 274 g/mol. The first-order chi connectivity index (χ1) is 9.50. The molecule has 1 aliphatic heterocycles. The minimum Gasteiger partial charge on any atom is -0.366 e. The van der Waals surface area contributed by atoms with Crippen LogP contribution in [-0.2, 0) is 0 Å². The lowest BCUT2D eigenvalue weighted by molar-refractivity contribution is -0.384. The normalized spacial score (nSPS) is 17.6. The number of hydrogen-bond donors (Lipinski definition) is 1. The van der Waals surface area contributed by atoms with E-state index in [4.69, 9.17) is 5.26 Å². The maximum atomic E-state index is 11.2. The maximum absolute atomic E-state index is 11.2. The van der Waals surface area contributed by atoms with Crippen molar-refractivity contribution in [2.24, 2.45) is 0 Å². The molecule has 1 saturated heterocycles. The molecule has 0 aromatic heterocycles. The summed E-state index contributed by atoms with van der Waals surface area (Å²) in [4.78, 5) is 12.8. The lowest BCUT2D eigenvalue weighted by Crippen LogP contribution is -2.50. The maximum Gasteiger partial charge on any atom is 0.310 e. The van der Waals surface area contributed by atoms with Gasteiger partial charge in [0.05, 0.1) is 4.92 Å². The van der Waals surface area contributed by atoms with Crippen LogP contribution in [0.2, 0.25) is 0 Å². The molecule has 20 heavy (non-hydrogen) atoms. The van der Waals surface area contributed by atoms with Gasteiger partial charge in [0.2, 0.25) is 0 Å². The van der Waals surface area contributed by atoms with Crippen molar-refractivity contribution in [2.45, 2.75) is 25.3 Å². The van der Waals surface area contributed by atoms with E-state index in [9.17, 15) is 10.1 Å². The Morgan fingerprint density at radius 2 is 2.10 bits per heavy atom. The molecule has 106 valence electrons. The number of nitrogens with one attached hydrogen (secondary N) is 1. The molecule has 0 atom stereocenters. The number of anilines is 1. The zero-order valence-electron chi connectivity index (χ0n) is 11.7. The number of rotatable bonds is 3. The van der Waals surface area contributed by atoms with Gasteiger partial charge in [0.1, 0.15) is 17.3 Å². The smallest absolute Gasteiger partial charge is 0.310 e. The van der Waals surface area contributed by atoms with Crippen molar-refractivity contribution in [1.82, 2.24) is 5.32 Å². The minimum atomic E-state index is -0.459. The van der Waals surface area contributed by atoms with Crippen molar-refractivity contribution in [3.05, 3.63) is 33.9 Å². The molecule has 0 amide bonds. The lowest BCUT2D eigenvalue weighted by atomic mass is 9.89. The molecule has 1 fully saturated rings. The molecule has 1 heterocycles. The predicted octanol–water partition coefficient (Wildman–Crippen LogP) is 2.04. The van der Waals surface area contributed by atoms with Gasteiger partial charge in [-0.1, -0.05) is 6.07 Å². The zero-order chi connectivity index (χ0) is 14.8. The van der Waals surface area contributed by atoms with E-state index in [0.717, 1.165) is 25.9 Å². The molecule has 0 radical (unpaired) electrons. The number of nitrogens with zero attached hydrogens (tertiary/aromatic N) is 3. The Morgan fingerprint density at radius 1 is 1.45 bits per heavy atom. The van der Waals surface area contributed by atoms with Crippen LogP contribution in [0.1, 0.15) is 25.3 Å². The molecule has 0 unspecified atom stereocenters. The van der Waals surface area contributed by atoms with Crippen molar-refractivity contribution in [1.29, 1.82) is 5.26 Å². The molecule has 6 nitrogen and oxygen atoms in total. The summed E-state index contributed by atoms with van der Waals surface area (Å²) in [5, 5.41) is 23.6. The molecule has 6 heteroatoms. The van der Waals surface area contributed by atoms with Crippen LogP contribution in [0.25, 0.3) is 0 Å². The second-order valence-electron chi connectivity index (χ2n) is 5.34.